The van der Waals surface area contributed by atoms with Crippen LogP contribution in [0.1, 0.15) is 0 Å². The Kier molecular flexibility index (Phi) is 9.89. The maximum atomic E-state index is 2.43. The fourth-order valence-electron chi connectivity index (χ4n) is 9.75. The van der Waals surface area contributed by atoms with E-state index in [0.717, 1.165) is 33.9 Å². The molecule has 0 heterocycles. The number of fused-ring (bicyclic) bond motifs is 4. The van der Waals surface area contributed by atoms with Crippen LogP contribution in [-0.2, 0) is 0 Å². The lowest BCUT2D eigenvalue weighted by atomic mass is 9.97. The summed E-state index contributed by atoms with van der Waals surface area (Å²) in [5.41, 5.74) is 13.8. The second kappa shape index (κ2) is 16.8. The zero-order valence-electron chi connectivity index (χ0n) is 36.3. The van der Waals surface area contributed by atoms with Crippen LogP contribution in [0.3, 0.4) is 0 Å². The summed E-state index contributed by atoms with van der Waals surface area (Å²) >= 11 is 0. The molecule has 0 aliphatic heterocycles. The fourth-order valence-corrected chi connectivity index (χ4v) is 9.75. The Hall–Kier alpha value is -8.72. The molecule has 0 aliphatic rings. The Labute approximate surface area is 385 Å². The van der Waals surface area contributed by atoms with Gasteiger partial charge in [0.25, 0.3) is 0 Å². The molecule has 0 aliphatic carbocycles. The zero-order chi connectivity index (χ0) is 43.8. The van der Waals surface area contributed by atoms with Crippen molar-refractivity contribution < 1.29 is 0 Å². The lowest BCUT2D eigenvalue weighted by molar-refractivity contribution is 1.30. The third kappa shape index (κ3) is 7.12. The summed E-state index contributed by atoms with van der Waals surface area (Å²) in [5, 5.41) is 9.70. The van der Waals surface area contributed by atoms with Crippen LogP contribution in [0.2, 0.25) is 0 Å². The molecular formula is C64H44N2. The van der Waals surface area contributed by atoms with E-state index in [-0.39, 0.29) is 0 Å². The minimum Gasteiger partial charge on any atom is -0.309 e. The Bertz CT molecular complexity index is 3300. The quantitative estimate of drug-likeness (QED) is 0.134. The monoisotopic (exact) mass is 840 g/mol. The second-order valence-electron chi connectivity index (χ2n) is 16.9. The van der Waals surface area contributed by atoms with Gasteiger partial charge in [0.1, 0.15) is 0 Å². The molecule has 0 atom stereocenters. The predicted octanol–water partition coefficient (Wildman–Crippen LogP) is 18.2. The van der Waals surface area contributed by atoms with Gasteiger partial charge in [-0.1, -0.05) is 206 Å². The number of hydrogen-bond acceptors (Lipinski definition) is 2. The van der Waals surface area contributed by atoms with Crippen molar-refractivity contribution in [2.45, 2.75) is 0 Å². The molecule has 2 nitrogen and oxygen atoms in total. The van der Waals surface area contributed by atoms with Crippen molar-refractivity contribution in [2.24, 2.45) is 0 Å². The van der Waals surface area contributed by atoms with E-state index in [1.807, 2.05) is 0 Å². The van der Waals surface area contributed by atoms with Crippen molar-refractivity contribution in [3.63, 3.8) is 0 Å². The van der Waals surface area contributed by atoms with E-state index in [1.165, 1.54) is 76.7 Å². The van der Waals surface area contributed by atoms with E-state index in [1.54, 1.807) is 0 Å². The van der Waals surface area contributed by atoms with Crippen LogP contribution in [0.25, 0.3) is 76.5 Å². The third-order valence-corrected chi connectivity index (χ3v) is 13.0. The predicted molar refractivity (Wildman–Crippen MR) is 282 cm³/mol. The van der Waals surface area contributed by atoms with Crippen LogP contribution >= 0.6 is 0 Å². The number of anilines is 6. The molecule has 12 rings (SSSR count). The third-order valence-electron chi connectivity index (χ3n) is 13.0. The summed E-state index contributed by atoms with van der Waals surface area (Å²) in [6, 6.07) is 96.9. The van der Waals surface area contributed by atoms with Gasteiger partial charge in [-0.15, -0.1) is 0 Å². The number of benzene rings is 12. The van der Waals surface area contributed by atoms with E-state index in [4.69, 9.17) is 0 Å². The van der Waals surface area contributed by atoms with E-state index in [9.17, 15) is 0 Å². The molecular weight excluding hydrogens is 797 g/mol. The fraction of sp³-hybridized carbons (Fsp3) is 0. The molecule has 2 heteroatoms. The molecule has 66 heavy (non-hydrogen) atoms. The van der Waals surface area contributed by atoms with Gasteiger partial charge in [-0.3, -0.25) is 0 Å². The summed E-state index contributed by atoms with van der Waals surface area (Å²) in [6.45, 7) is 0. The van der Waals surface area contributed by atoms with Crippen molar-refractivity contribution in [3.05, 3.63) is 267 Å². The van der Waals surface area contributed by atoms with Gasteiger partial charge in [-0.2, -0.15) is 0 Å². The van der Waals surface area contributed by atoms with E-state index in [2.05, 4.69) is 277 Å². The van der Waals surface area contributed by atoms with Gasteiger partial charge in [0.15, 0.2) is 0 Å². The van der Waals surface area contributed by atoms with Crippen LogP contribution in [0.4, 0.5) is 34.1 Å². The van der Waals surface area contributed by atoms with Gasteiger partial charge in [0.2, 0.25) is 0 Å². The first-order valence-corrected chi connectivity index (χ1v) is 22.7. The smallest absolute Gasteiger partial charge is 0.0618 e. The highest BCUT2D eigenvalue weighted by Gasteiger charge is 2.21. The summed E-state index contributed by atoms with van der Waals surface area (Å²) in [7, 11) is 0. The summed E-state index contributed by atoms with van der Waals surface area (Å²) in [4.78, 5) is 4.86. The maximum absolute atomic E-state index is 2.43. The van der Waals surface area contributed by atoms with Gasteiger partial charge >= 0.3 is 0 Å². The van der Waals surface area contributed by atoms with Crippen molar-refractivity contribution in [2.75, 3.05) is 9.80 Å². The molecule has 310 valence electrons. The minimum atomic E-state index is 1.09. The average molecular weight is 841 g/mol. The summed E-state index contributed by atoms with van der Waals surface area (Å²) in [5.74, 6) is 0. The van der Waals surface area contributed by atoms with Crippen LogP contribution in [0, 0.1) is 0 Å². The summed E-state index contributed by atoms with van der Waals surface area (Å²) < 4.78 is 0. The number of nitrogens with zero attached hydrogens (tertiary/aromatic N) is 2. The first-order valence-electron chi connectivity index (χ1n) is 22.7. The first-order chi connectivity index (χ1) is 32.7. The Morgan fingerprint density at radius 3 is 0.652 bits per heavy atom. The molecule has 12 aromatic carbocycles. The molecule has 0 spiro atoms. The molecule has 0 bridgehead atoms. The summed E-state index contributed by atoms with van der Waals surface area (Å²) in [6.07, 6.45) is 0. The molecule has 0 amide bonds. The molecule has 0 saturated carbocycles. The van der Waals surface area contributed by atoms with Crippen LogP contribution in [-0.4, -0.2) is 0 Å². The molecule has 0 fully saturated rings. The van der Waals surface area contributed by atoms with Gasteiger partial charge in [0, 0.05) is 44.3 Å². The standard InChI is InChI=1S/C64H44N2/c1-3-15-45(16-4-1)47-27-35-55(36-28-47)65(63-59-23-11-7-19-51(59)43-52-20-8-12-24-60(52)63)57-39-31-49(32-40-57)50-33-41-58(42-34-50)66(56-37-29-48(30-38-56)46-17-5-2-6-18-46)64-61-25-13-9-21-53(61)44-54-22-10-14-26-62(54)64/h1-44H. The molecule has 0 unspecified atom stereocenters. The Morgan fingerprint density at radius 2 is 0.394 bits per heavy atom. The van der Waals surface area contributed by atoms with E-state index < -0.39 is 0 Å². The second-order valence-corrected chi connectivity index (χ2v) is 16.9. The van der Waals surface area contributed by atoms with Crippen molar-refractivity contribution in [1.29, 1.82) is 0 Å². The van der Waals surface area contributed by atoms with Crippen molar-refractivity contribution in [3.8, 4) is 33.4 Å². The van der Waals surface area contributed by atoms with Crippen LogP contribution in [0.15, 0.2) is 267 Å². The van der Waals surface area contributed by atoms with E-state index >= 15 is 0 Å². The van der Waals surface area contributed by atoms with Gasteiger partial charge in [-0.05, 0) is 116 Å². The van der Waals surface area contributed by atoms with Gasteiger partial charge in [0.05, 0.1) is 11.4 Å². The molecule has 0 saturated heterocycles. The molecule has 0 aromatic heterocycles. The zero-order valence-corrected chi connectivity index (χ0v) is 36.3. The maximum Gasteiger partial charge on any atom is 0.0618 e. The van der Waals surface area contributed by atoms with E-state index in [0.29, 0.717) is 0 Å². The number of hydrogen-bond donors (Lipinski definition) is 0. The minimum absolute atomic E-state index is 1.09. The van der Waals surface area contributed by atoms with Gasteiger partial charge in [-0.25, -0.2) is 0 Å². The largest absolute Gasteiger partial charge is 0.309 e. The first kappa shape index (κ1) is 38.9. The Balaban J connectivity index is 0.957. The topological polar surface area (TPSA) is 6.48 Å². The van der Waals surface area contributed by atoms with Crippen molar-refractivity contribution >= 4 is 77.2 Å². The molecule has 12 aromatic rings. The van der Waals surface area contributed by atoms with Gasteiger partial charge < -0.3 is 9.80 Å². The molecule has 0 N–H and O–H groups in total. The highest BCUT2D eigenvalue weighted by atomic mass is 15.2. The highest BCUT2D eigenvalue weighted by Crippen LogP contribution is 2.47. The SMILES string of the molecule is c1ccc(-c2ccc(N(c3ccc(-c4ccc(N(c5ccc(-c6ccccc6)cc5)c5c6ccccc6cc6ccccc56)cc4)cc3)c3c4ccccc4cc4ccccc34)cc2)cc1. The van der Waals surface area contributed by atoms with Crippen molar-refractivity contribution in [1.82, 2.24) is 0 Å². The van der Waals surface area contributed by atoms with Crippen LogP contribution in [0.5, 0.6) is 0 Å². The Morgan fingerprint density at radius 1 is 0.182 bits per heavy atom. The average Bonchev–Trinajstić information content (AvgIpc) is 3.40. The molecule has 0 radical (unpaired) electrons. The van der Waals surface area contributed by atoms with Crippen LogP contribution < -0.4 is 9.80 Å². The lowest BCUT2D eigenvalue weighted by Gasteiger charge is -2.29. The lowest BCUT2D eigenvalue weighted by Crippen LogP contribution is -2.11. The highest BCUT2D eigenvalue weighted by molar-refractivity contribution is 6.15. The normalized spacial score (nSPS) is 11.3. The number of rotatable bonds is 9.